The summed E-state index contributed by atoms with van der Waals surface area (Å²) in [5.41, 5.74) is 0.638. The van der Waals surface area contributed by atoms with Crippen LogP contribution in [0.3, 0.4) is 0 Å². The van der Waals surface area contributed by atoms with Crippen LogP contribution in [-0.2, 0) is 14.9 Å². The lowest BCUT2D eigenvalue weighted by atomic mass is 9.67. The highest BCUT2D eigenvalue weighted by Crippen LogP contribution is 2.46. The van der Waals surface area contributed by atoms with Gasteiger partial charge in [-0.25, -0.2) is 4.39 Å². The van der Waals surface area contributed by atoms with Gasteiger partial charge < -0.3 is 9.47 Å². The van der Waals surface area contributed by atoms with Gasteiger partial charge in [0.1, 0.15) is 5.82 Å². The lowest BCUT2D eigenvalue weighted by Gasteiger charge is -2.42. The molecule has 1 aromatic rings. The zero-order chi connectivity index (χ0) is 12.6. The molecule has 2 saturated heterocycles. The maximum absolute atomic E-state index is 14.1. The van der Waals surface area contributed by atoms with Crippen LogP contribution in [0.2, 0.25) is 0 Å². The Morgan fingerprint density at radius 2 is 2.17 bits per heavy atom. The Morgan fingerprint density at radius 1 is 1.33 bits per heavy atom. The van der Waals surface area contributed by atoms with Crippen LogP contribution in [0, 0.1) is 11.7 Å². The number of hydrogen-bond acceptors (Lipinski definition) is 2. The quantitative estimate of drug-likeness (QED) is 0.803. The first-order chi connectivity index (χ1) is 8.76. The van der Waals surface area contributed by atoms with Crippen LogP contribution in [0.5, 0.6) is 0 Å². The molecular formula is C15H19FO2. The SMILES string of the molecule is CC[C@H]1C[C@]2(c3ccccc3F)COC[C@@H]2CO1. The van der Waals surface area contributed by atoms with Crippen molar-refractivity contribution < 1.29 is 13.9 Å². The summed E-state index contributed by atoms with van der Waals surface area (Å²) < 4.78 is 25.6. The van der Waals surface area contributed by atoms with Crippen LogP contribution in [0.15, 0.2) is 24.3 Å². The van der Waals surface area contributed by atoms with Crippen molar-refractivity contribution in [3.05, 3.63) is 35.6 Å². The molecule has 2 aliphatic heterocycles. The van der Waals surface area contributed by atoms with Crippen LogP contribution in [0.1, 0.15) is 25.3 Å². The van der Waals surface area contributed by atoms with Crippen molar-refractivity contribution in [2.45, 2.75) is 31.3 Å². The number of halogens is 1. The number of hydrogen-bond donors (Lipinski definition) is 0. The van der Waals surface area contributed by atoms with Crippen molar-refractivity contribution >= 4 is 0 Å². The van der Waals surface area contributed by atoms with Crippen molar-refractivity contribution in [2.75, 3.05) is 19.8 Å². The minimum Gasteiger partial charge on any atom is -0.380 e. The number of benzene rings is 1. The number of rotatable bonds is 2. The molecule has 3 heteroatoms. The molecular weight excluding hydrogens is 231 g/mol. The first-order valence-electron chi connectivity index (χ1n) is 6.70. The normalized spacial score (nSPS) is 35.4. The molecule has 0 spiro atoms. The van der Waals surface area contributed by atoms with Gasteiger partial charge in [-0.15, -0.1) is 0 Å². The third kappa shape index (κ3) is 1.77. The first-order valence-corrected chi connectivity index (χ1v) is 6.70. The van der Waals surface area contributed by atoms with E-state index in [1.807, 2.05) is 12.1 Å². The second-order valence-corrected chi connectivity index (χ2v) is 5.42. The highest BCUT2D eigenvalue weighted by Gasteiger charge is 2.50. The molecule has 0 saturated carbocycles. The summed E-state index contributed by atoms with van der Waals surface area (Å²) in [6, 6.07) is 7.13. The highest BCUT2D eigenvalue weighted by atomic mass is 19.1. The van der Waals surface area contributed by atoms with Crippen LogP contribution in [0.25, 0.3) is 0 Å². The van der Waals surface area contributed by atoms with Crippen molar-refractivity contribution in [3.8, 4) is 0 Å². The largest absolute Gasteiger partial charge is 0.380 e. The number of fused-ring (bicyclic) bond motifs is 1. The van der Waals surface area contributed by atoms with Gasteiger partial charge in [0.05, 0.1) is 25.9 Å². The van der Waals surface area contributed by atoms with Crippen LogP contribution in [-0.4, -0.2) is 25.9 Å². The molecule has 0 radical (unpaired) electrons. The fourth-order valence-corrected chi connectivity index (χ4v) is 3.35. The monoisotopic (exact) mass is 250 g/mol. The molecule has 0 amide bonds. The Morgan fingerprint density at radius 3 is 2.94 bits per heavy atom. The first kappa shape index (κ1) is 12.1. The van der Waals surface area contributed by atoms with E-state index < -0.39 is 0 Å². The zero-order valence-corrected chi connectivity index (χ0v) is 10.7. The van der Waals surface area contributed by atoms with Gasteiger partial charge in [-0.2, -0.15) is 0 Å². The average Bonchev–Trinajstić information content (AvgIpc) is 2.82. The van der Waals surface area contributed by atoms with Gasteiger partial charge in [0.2, 0.25) is 0 Å². The minimum absolute atomic E-state index is 0.107. The van der Waals surface area contributed by atoms with Crippen LogP contribution < -0.4 is 0 Å². The fraction of sp³-hybridized carbons (Fsp3) is 0.600. The highest BCUT2D eigenvalue weighted by molar-refractivity contribution is 5.30. The van der Waals surface area contributed by atoms with E-state index in [0.717, 1.165) is 18.4 Å². The van der Waals surface area contributed by atoms with Crippen molar-refractivity contribution in [1.82, 2.24) is 0 Å². The maximum Gasteiger partial charge on any atom is 0.127 e. The summed E-state index contributed by atoms with van der Waals surface area (Å²) in [6.07, 6.45) is 2.07. The van der Waals surface area contributed by atoms with Gasteiger partial charge in [-0.05, 0) is 24.5 Å². The standard InChI is InChI=1S/C15H19FO2/c1-2-12-7-15(10-17-8-11(15)9-18-12)13-5-3-4-6-14(13)16/h3-6,11-12H,2,7-10H2,1H3/t11-,12+,15+/m1/s1. The van der Waals surface area contributed by atoms with E-state index in [1.165, 1.54) is 0 Å². The smallest absolute Gasteiger partial charge is 0.127 e. The maximum atomic E-state index is 14.1. The van der Waals surface area contributed by atoms with Gasteiger partial charge in [-0.3, -0.25) is 0 Å². The van der Waals surface area contributed by atoms with Crippen molar-refractivity contribution in [2.24, 2.45) is 5.92 Å². The molecule has 98 valence electrons. The van der Waals surface area contributed by atoms with Crippen molar-refractivity contribution in [1.29, 1.82) is 0 Å². The average molecular weight is 250 g/mol. The topological polar surface area (TPSA) is 18.5 Å². The summed E-state index contributed by atoms with van der Waals surface area (Å²) in [6.45, 7) is 4.12. The zero-order valence-electron chi connectivity index (χ0n) is 10.7. The Balaban J connectivity index is 2.01. The summed E-state index contributed by atoms with van der Waals surface area (Å²) in [5.74, 6) is 0.182. The molecule has 0 aromatic heterocycles. The van der Waals surface area contributed by atoms with Gasteiger partial charge in [0, 0.05) is 11.3 Å². The van der Waals surface area contributed by atoms with Gasteiger partial charge in [0.25, 0.3) is 0 Å². The molecule has 0 bridgehead atoms. The summed E-state index contributed by atoms with van der Waals surface area (Å²) >= 11 is 0. The van der Waals surface area contributed by atoms with E-state index >= 15 is 0 Å². The van der Waals surface area contributed by atoms with E-state index in [4.69, 9.17) is 9.47 Å². The van der Waals surface area contributed by atoms with Crippen molar-refractivity contribution in [3.63, 3.8) is 0 Å². The molecule has 2 aliphatic rings. The molecule has 3 atom stereocenters. The molecule has 1 aromatic carbocycles. The second-order valence-electron chi connectivity index (χ2n) is 5.42. The fourth-order valence-electron chi connectivity index (χ4n) is 3.35. The Hall–Kier alpha value is -0.930. The molecule has 2 nitrogen and oxygen atoms in total. The van der Waals surface area contributed by atoms with E-state index in [0.29, 0.717) is 19.8 Å². The molecule has 2 heterocycles. The predicted molar refractivity (Wildman–Crippen MR) is 67.0 cm³/mol. The van der Waals surface area contributed by atoms with Crippen LogP contribution in [0.4, 0.5) is 4.39 Å². The minimum atomic E-state index is -0.176. The van der Waals surface area contributed by atoms with E-state index in [9.17, 15) is 4.39 Å². The van der Waals surface area contributed by atoms with Gasteiger partial charge in [0.15, 0.2) is 0 Å². The summed E-state index contributed by atoms with van der Waals surface area (Å²) in [5, 5.41) is 0. The molecule has 0 unspecified atom stereocenters. The van der Waals surface area contributed by atoms with Gasteiger partial charge in [-0.1, -0.05) is 25.1 Å². The molecule has 18 heavy (non-hydrogen) atoms. The van der Waals surface area contributed by atoms with E-state index in [-0.39, 0.29) is 23.3 Å². The lowest BCUT2D eigenvalue weighted by Crippen LogP contribution is -2.46. The Labute approximate surface area is 107 Å². The van der Waals surface area contributed by atoms with E-state index in [1.54, 1.807) is 12.1 Å². The third-order valence-corrected chi connectivity index (χ3v) is 4.45. The Kier molecular flexibility index (Phi) is 3.12. The number of ether oxygens (including phenoxy) is 2. The molecule has 0 N–H and O–H groups in total. The Bertz CT molecular complexity index is 434. The summed E-state index contributed by atoms with van der Waals surface area (Å²) in [4.78, 5) is 0. The molecule has 2 fully saturated rings. The molecule has 0 aliphatic carbocycles. The van der Waals surface area contributed by atoms with Crippen LogP contribution >= 0.6 is 0 Å². The lowest BCUT2D eigenvalue weighted by molar-refractivity contribution is -0.0463. The second kappa shape index (κ2) is 4.63. The molecule has 3 rings (SSSR count). The predicted octanol–water partition coefficient (Wildman–Crippen LogP) is 2.91. The summed E-state index contributed by atoms with van der Waals surface area (Å²) in [7, 11) is 0. The van der Waals surface area contributed by atoms with E-state index in [2.05, 4.69) is 6.92 Å². The van der Waals surface area contributed by atoms with Gasteiger partial charge >= 0.3 is 0 Å². The third-order valence-electron chi connectivity index (χ3n) is 4.45.